The Morgan fingerprint density at radius 3 is 2.76 bits per heavy atom. The molecule has 17 heavy (non-hydrogen) atoms. The van der Waals surface area contributed by atoms with Crippen LogP contribution in [0, 0.1) is 12.7 Å². The van der Waals surface area contributed by atoms with Crippen molar-refractivity contribution in [1.29, 1.82) is 0 Å². The van der Waals surface area contributed by atoms with Crippen molar-refractivity contribution in [2.45, 2.75) is 13.5 Å². The number of hydrogen-bond donors (Lipinski definition) is 1. The van der Waals surface area contributed by atoms with E-state index in [9.17, 15) is 4.39 Å². The van der Waals surface area contributed by atoms with Crippen LogP contribution in [0.1, 0.15) is 10.6 Å². The summed E-state index contributed by atoms with van der Waals surface area (Å²) < 4.78 is 18.8. The molecule has 0 aliphatic rings. The first-order valence-electron chi connectivity index (χ1n) is 5.16. The second-order valence-electron chi connectivity index (χ2n) is 3.58. The molecule has 2 N–H and O–H groups in total. The van der Waals surface area contributed by atoms with Gasteiger partial charge in [0, 0.05) is 23.1 Å². The molecule has 0 radical (unpaired) electrons. The number of thiazole rings is 1. The van der Waals surface area contributed by atoms with Gasteiger partial charge in [-0.1, -0.05) is 0 Å². The Bertz CT molecular complexity index is 539. The molecule has 90 valence electrons. The first kappa shape index (κ1) is 12.0. The van der Waals surface area contributed by atoms with E-state index < -0.39 is 0 Å². The van der Waals surface area contributed by atoms with Crippen LogP contribution in [0.3, 0.4) is 0 Å². The fourth-order valence-corrected chi connectivity index (χ4v) is 2.50. The average Bonchev–Trinajstić information content (AvgIpc) is 2.70. The summed E-state index contributed by atoms with van der Waals surface area (Å²) in [6.45, 7) is 2.31. The number of nitrogens with zero attached hydrogens (tertiary/aromatic N) is 1. The van der Waals surface area contributed by atoms with Crippen molar-refractivity contribution >= 4 is 11.3 Å². The largest absolute Gasteiger partial charge is 0.497 e. The van der Waals surface area contributed by atoms with Gasteiger partial charge in [-0.05, 0) is 19.1 Å². The second kappa shape index (κ2) is 4.81. The van der Waals surface area contributed by atoms with Gasteiger partial charge in [0.1, 0.15) is 16.6 Å². The van der Waals surface area contributed by atoms with Crippen molar-refractivity contribution in [3.8, 4) is 16.3 Å². The summed E-state index contributed by atoms with van der Waals surface area (Å²) in [7, 11) is 1.51. The van der Waals surface area contributed by atoms with Crippen molar-refractivity contribution in [1.82, 2.24) is 4.98 Å². The minimum absolute atomic E-state index is 0.332. The maximum absolute atomic E-state index is 13.8. The number of nitrogens with two attached hydrogens (primary N) is 1. The van der Waals surface area contributed by atoms with Crippen molar-refractivity contribution in [2.75, 3.05) is 7.11 Å². The quantitative estimate of drug-likeness (QED) is 0.913. The smallest absolute Gasteiger partial charge is 0.137 e. The molecule has 0 fully saturated rings. The summed E-state index contributed by atoms with van der Waals surface area (Å²) in [5.74, 6) is 0.167. The number of aryl methyl sites for hydroxylation is 1. The van der Waals surface area contributed by atoms with Crippen molar-refractivity contribution in [3.63, 3.8) is 0 Å². The molecule has 0 aliphatic carbocycles. The van der Waals surface area contributed by atoms with Gasteiger partial charge in [-0.15, -0.1) is 11.3 Å². The second-order valence-corrected chi connectivity index (χ2v) is 4.66. The molecule has 0 atom stereocenters. The van der Waals surface area contributed by atoms with Crippen molar-refractivity contribution < 1.29 is 9.13 Å². The highest BCUT2D eigenvalue weighted by Crippen LogP contribution is 2.31. The van der Waals surface area contributed by atoms with Gasteiger partial charge in [0.2, 0.25) is 0 Å². The Balaban J connectivity index is 2.45. The number of rotatable bonds is 3. The molecule has 2 rings (SSSR count). The number of halogens is 1. The zero-order valence-electron chi connectivity index (χ0n) is 9.66. The van der Waals surface area contributed by atoms with E-state index in [0.29, 0.717) is 22.9 Å². The van der Waals surface area contributed by atoms with Gasteiger partial charge in [0.05, 0.1) is 12.8 Å². The van der Waals surface area contributed by atoms with Crippen LogP contribution >= 0.6 is 11.3 Å². The number of ether oxygens (including phenoxy) is 1. The fraction of sp³-hybridized carbons (Fsp3) is 0.250. The average molecular weight is 252 g/mol. The monoisotopic (exact) mass is 252 g/mol. The molecule has 5 heteroatoms. The lowest BCUT2D eigenvalue weighted by molar-refractivity contribution is 0.411. The molecule has 3 nitrogen and oxygen atoms in total. The van der Waals surface area contributed by atoms with Crippen LogP contribution < -0.4 is 10.5 Å². The van der Waals surface area contributed by atoms with Crippen LogP contribution in [0.5, 0.6) is 5.75 Å². The summed E-state index contributed by atoms with van der Waals surface area (Å²) in [5.41, 5.74) is 6.93. The Morgan fingerprint density at radius 2 is 2.24 bits per heavy atom. The zero-order chi connectivity index (χ0) is 12.4. The highest BCUT2D eigenvalue weighted by atomic mass is 32.1. The molecule has 1 aromatic carbocycles. The maximum atomic E-state index is 13.8. The van der Waals surface area contributed by atoms with Crippen LogP contribution in [0.2, 0.25) is 0 Å². The molecule has 2 aromatic rings. The first-order valence-corrected chi connectivity index (χ1v) is 5.97. The van der Waals surface area contributed by atoms with E-state index in [0.717, 1.165) is 10.6 Å². The Morgan fingerprint density at radius 1 is 1.47 bits per heavy atom. The van der Waals surface area contributed by atoms with Gasteiger partial charge in [-0.3, -0.25) is 0 Å². The zero-order valence-corrected chi connectivity index (χ0v) is 10.5. The molecular formula is C12H13FN2OS. The Hall–Kier alpha value is -1.46. The van der Waals surface area contributed by atoms with Gasteiger partial charge in [0.25, 0.3) is 0 Å². The van der Waals surface area contributed by atoms with E-state index in [1.807, 2.05) is 6.92 Å². The summed E-state index contributed by atoms with van der Waals surface area (Å²) in [6, 6.07) is 4.75. The minimum Gasteiger partial charge on any atom is -0.497 e. The molecule has 0 aliphatic heterocycles. The van der Waals surface area contributed by atoms with Crippen molar-refractivity contribution in [2.24, 2.45) is 5.73 Å². The lowest BCUT2D eigenvalue weighted by Crippen LogP contribution is -1.94. The molecule has 0 saturated carbocycles. The van der Waals surface area contributed by atoms with Gasteiger partial charge in [0.15, 0.2) is 0 Å². The molecule has 0 bridgehead atoms. The molecule has 0 saturated heterocycles. The topological polar surface area (TPSA) is 48.1 Å². The Kier molecular flexibility index (Phi) is 3.40. The normalized spacial score (nSPS) is 10.6. The minimum atomic E-state index is -0.332. The predicted octanol–water partition coefficient (Wildman–Crippen LogP) is 2.72. The lowest BCUT2D eigenvalue weighted by Gasteiger charge is -2.02. The van der Waals surface area contributed by atoms with Crippen LogP contribution in [-0.4, -0.2) is 12.1 Å². The maximum Gasteiger partial charge on any atom is 0.137 e. The third-order valence-electron chi connectivity index (χ3n) is 2.48. The summed E-state index contributed by atoms with van der Waals surface area (Å²) in [6.07, 6.45) is 0. The van der Waals surface area contributed by atoms with Crippen LogP contribution in [0.15, 0.2) is 18.2 Å². The van der Waals surface area contributed by atoms with E-state index in [4.69, 9.17) is 10.5 Å². The van der Waals surface area contributed by atoms with Crippen LogP contribution in [0.4, 0.5) is 4.39 Å². The fourth-order valence-electron chi connectivity index (χ4n) is 1.53. The summed E-state index contributed by atoms with van der Waals surface area (Å²) >= 11 is 1.42. The molecule has 0 spiro atoms. The van der Waals surface area contributed by atoms with Crippen LogP contribution in [-0.2, 0) is 6.54 Å². The number of methoxy groups -OCH3 is 1. The SMILES string of the molecule is COc1ccc(-c2nc(C)c(CN)s2)c(F)c1. The highest BCUT2D eigenvalue weighted by Gasteiger charge is 2.12. The molecule has 0 unspecified atom stereocenters. The number of aromatic nitrogens is 1. The third-order valence-corrected chi connectivity index (χ3v) is 3.70. The van der Waals surface area contributed by atoms with Gasteiger partial charge in [-0.25, -0.2) is 9.37 Å². The summed E-state index contributed by atoms with van der Waals surface area (Å²) in [4.78, 5) is 5.31. The number of benzene rings is 1. The van der Waals surface area contributed by atoms with E-state index in [2.05, 4.69) is 4.98 Å². The van der Waals surface area contributed by atoms with E-state index >= 15 is 0 Å². The number of hydrogen-bond acceptors (Lipinski definition) is 4. The van der Waals surface area contributed by atoms with Gasteiger partial charge in [-0.2, -0.15) is 0 Å². The van der Waals surface area contributed by atoms with Gasteiger partial charge >= 0.3 is 0 Å². The van der Waals surface area contributed by atoms with Crippen molar-refractivity contribution in [3.05, 3.63) is 34.6 Å². The first-order chi connectivity index (χ1) is 8.15. The third kappa shape index (κ3) is 2.30. The molecule has 1 aromatic heterocycles. The van der Waals surface area contributed by atoms with E-state index in [-0.39, 0.29) is 5.82 Å². The molecular weight excluding hydrogens is 239 g/mol. The predicted molar refractivity (Wildman–Crippen MR) is 66.7 cm³/mol. The lowest BCUT2D eigenvalue weighted by atomic mass is 10.2. The molecule has 1 heterocycles. The standard InChI is InChI=1S/C12H13FN2OS/c1-7-11(6-14)17-12(15-7)9-4-3-8(16-2)5-10(9)13/h3-5H,6,14H2,1-2H3. The van der Waals surface area contributed by atoms with Crippen LogP contribution in [0.25, 0.3) is 10.6 Å². The molecule has 0 amide bonds. The Labute approximate surface area is 103 Å². The van der Waals surface area contributed by atoms with E-state index in [1.165, 1.54) is 24.5 Å². The van der Waals surface area contributed by atoms with E-state index in [1.54, 1.807) is 12.1 Å². The van der Waals surface area contributed by atoms with Gasteiger partial charge < -0.3 is 10.5 Å². The highest BCUT2D eigenvalue weighted by molar-refractivity contribution is 7.15. The summed E-state index contributed by atoms with van der Waals surface area (Å²) in [5, 5.41) is 0.656.